The summed E-state index contributed by atoms with van der Waals surface area (Å²) in [5.74, 6) is -5.52. The maximum absolute atomic E-state index is 13.4. The number of nitrogens with one attached hydrogen (secondary N) is 3. The van der Waals surface area contributed by atoms with Gasteiger partial charge in [0.1, 0.15) is 0 Å². The van der Waals surface area contributed by atoms with Crippen molar-refractivity contribution in [1.29, 1.82) is 0 Å². The van der Waals surface area contributed by atoms with Crippen LogP contribution in [-0.4, -0.2) is 30.9 Å². The zero-order valence-corrected chi connectivity index (χ0v) is 12.9. The molecule has 2 rings (SSSR count). The first-order valence-electron chi connectivity index (χ1n) is 6.93. The summed E-state index contributed by atoms with van der Waals surface area (Å²) < 4.78 is 39.2. The Hall–Kier alpha value is -1.80. The molecule has 0 radical (unpaired) electrons. The summed E-state index contributed by atoms with van der Waals surface area (Å²) >= 11 is 0. The molecule has 0 spiro atoms. The SMILES string of the molecule is Cl.O=C(CNC(=O)C1CCCCN1)Nc1ccc(F)c(F)c1F. The summed E-state index contributed by atoms with van der Waals surface area (Å²) in [6, 6.07) is 1.27. The third-order valence-electron chi connectivity index (χ3n) is 3.36. The lowest BCUT2D eigenvalue weighted by Crippen LogP contribution is -2.48. The van der Waals surface area contributed by atoms with Gasteiger partial charge in [-0.25, -0.2) is 13.2 Å². The standard InChI is InChI=1S/C14H16F3N3O2.ClH/c15-8-4-5-9(13(17)12(8)16)20-11(21)7-19-14(22)10-3-1-2-6-18-10;/h4-5,10,18H,1-3,6-7H2,(H,19,22)(H,20,21);1H. The predicted octanol–water partition coefficient (Wildman–Crippen LogP) is 1.72. The van der Waals surface area contributed by atoms with Gasteiger partial charge in [0.15, 0.2) is 17.5 Å². The third kappa shape index (κ3) is 5.11. The number of carbonyl (C=O) groups excluding carboxylic acids is 2. The van der Waals surface area contributed by atoms with Crippen molar-refractivity contribution in [3.05, 3.63) is 29.6 Å². The van der Waals surface area contributed by atoms with Crippen LogP contribution in [0.25, 0.3) is 0 Å². The molecule has 1 aromatic rings. The largest absolute Gasteiger partial charge is 0.346 e. The summed E-state index contributed by atoms with van der Waals surface area (Å²) in [5, 5.41) is 7.52. The van der Waals surface area contributed by atoms with E-state index in [1.807, 2.05) is 0 Å². The van der Waals surface area contributed by atoms with Crippen LogP contribution in [0.2, 0.25) is 0 Å². The normalized spacial score (nSPS) is 17.1. The van der Waals surface area contributed by atoms with Gasteiger partial charge in [0, 0.05) is 0 Å². The molecular formula is C14H17ClF3N3O2. The first-order valence-corrected chi connectivity index (χ1v) is 6.93. The summed E-state index contributed by atoms with van der Waals surface area (Å²) in [6.07, 6.45) is 2.61. The average molecular weight is 352 g/mol. The van der Waals surface area contributed by atoms with Crippen molar-refractivity contribution in [1.82, 2.24) is 10.6 Å². The van der Waals surface area contributed by atoms with Crippen LogP contribution in [0, 0.1) is 17.5 Å². The summed E-state index contributed by atoms with van der Waals surface area (Å²) in [7, 11) is 0. The van der Waals surface area contributed by atoms with E-state index >= 15 is 0 Å². The van der Waals surface area contributed by atoms with Crippen LogP contribution < -0.4 is 16.0 Å². The number of rotatable bonds is 4. The second-order valence-corrected chi connectivity index (χ2v) is 4.99. The van der Waals surface area contributed by atoms with Gasteiger partial charge in [-0.2, -0.15) is 0 Å². The Morgan fingerprint density at radius 3 is 2.57 bits per heavy atom. The molecule has 1 atom stereocenters. The number of halogens is 4. The number of anilines is 1. The Bertz CT molecular complexity index is 581. The first-order chi connectivity index (χ1) is 10.5. The zero-order chi connectivity index (χ0) is 16.1. The van der Waals surface area contributed by atoms with Crippen LogP contribution >= 0.6 is 12.4 Å². The fourth-order valence-electron chi connectivity index (χ4n) is 2.18. The summed E-state index contributed by atoms with van der Waals surface area (Å²) in [4.78, 5) is 23.4. The number of piperidine rings is 1. The van der Waals surface area contributed by atoms with Gasteiger partial charge >= 0.3 is 0 Å². The van der Waals surface area contributed by atoms with Crippen molar-refractivity contribution in [2.24, 2.45) is 0 Å². The van der Waals surface area contributed by atoms with Crippen molar-refractivity contribution in [2.75, 3.05) is 18.4 Å². The Kier molecular flexibility index (Phi) is 7.31. The highest BCUT2D eigenvalue weighted by atomic mass is 35.5. The van der Waals surface area contributed by atoms with Gasteiger partial charge in [-0.3, -0.25) is 9.59 Å². The Labute approximate surface area is 137 Å². The maximum atomic E-state index is 13.4. The smallest absolute Gasteiger partial charge is 0.243 e. The summed E-state index contributed by atoms with van der Waals surface area (Å²) in [6.45, 7) is 0.361. The van der Waals surface area contributed by atoms with E-state index in [9.17, 15) is 22.8 Å². The Morgan fingerprint density at radius 1 is 1.17 bits per heavy atom. The number of hydrogen-bond acceptors (Lipinski definition) is 3. The molecular weight excluding hydrogens is 335 g/mol. The van der Waals surface area contributed by atoms with E-state index in [2.05, 4.69) is 16.0 Å². The van der Waals surface area contributed by atoms with Gasteiger partial charge in [0.2, 0.25) is 11.8 Å². The number of carbonyl (C=O) groups is 2. The van der Waals surface area contributed by atoms with Crippen molar-refractivity contribution in [3.8, 4) is 0 Å². The highest BCUT2D eigenvalue weighted by Crippen LogP contribution is 2.19. The quantitative estimate of drug-likeness (QED) is 0.723. The van der Waals surface area contributed by atoms with Gasteiger partial charge in [-0.15, -0.1) is 12.4 Å². The highest BCUT2D eigenvalue weighted by molar-refractivity contribution is 5.95. The number of hydrogen-bond donors (Lipinski definition) is 3. The van der Waals surface area contributed by atoms with Crippen LogP contribution in [0.5, 0.6) is 0 Å². The molecule has 3 N–H and O–H groups in total. The fourth-order valence-corrected chi connectivity index (χ4v) is 2.18. The van der Waals surface area contributed by atoms with E-state index in [0.29, 0.717) is 12.5 Å². The van der Waals surface area contributed by atoms with Gasteiger partial charge in [-0.05, 0) is 31.5 Å². The molecule has 1 aromatic carbocycles. The van der Waals surface area contributed by atoms with E-state index in [1.54, 1.807) is 0 Å². The molecule has 1 fully saturated rings. The molecule has 9 heteroatoms. The van der Waals surface area contributed by atoms with Gasteiger partial charge < -0.3 is 16.0 Å². The van der Waals surface area contributed by atoms with Crippen LogP contribution in [-0.2, 0) is 9.59 Å². The Morgan fingerprint density at radius 2 is 1.91 bits per heavy atom. The van der Waals surface area contributed by atoms with Crippen LogP contribution in [0.4, 0.5) is 18.9 Å². The zero-order valence-electron chi connectivity index (χ0n) is 12.1. The molecule has 2 amide bonds. The maximum Gasteiger partial charge on any atom is 0.243 e. The number of benzene rings is 1. The second-order valence-electron chi connectivity index (χ2n) is 4.99. The van der Waals surface area contributed by atoms with Crippen molar-refractivity contribution in [3.63, 3.8) is 0 Å². The molecule has 1 saturated heterocycles. The second kappa shape index (κ2) is 8.73. The van der Waals surface area contributed by atoms with Crippen molar-refractivity contribution < 1.29 is 22.8 Å². The van der Waals surface area contributed by atoms with E-state index in [4.69, 9.17) is 0 Å². The molecule has 128 valence electrons. The minimum Gasteiger partial charge on any atom is -0.346 e. The van der Waals surface area contributed by atoms with E-state index < -0.39 is 29.0 Å². The monoisotopic (exact) mass is 351 g/mol. The van der Waals surface area contributed by atoms with Gasteiger partial charge in [-0.1, -0.05) is 6.42 Å². The molecule has 1 heterocycles. The van der Waals surface area contributed by atoms with E-state index in [0.717, 1.165) is 25.5 Å². The summed E-state index contributed by atoms with van der Waals surface area (Å²) in [5.41, 5.74) is -0.478. The highest BCUT2D eigenvalue weighted by Gasteiger charge is 2.21. The molecule has 0 aliphatic carbocycles. The van der Waals surface area contributed by atoms with Gasteiger partial charge in [0.05, 0.1) is 18.3 Å². The predicted molar refractivity (Wildman–Crippen MR) is 80.8 cm³/mol. The average Bonchev–Trinajstić information content (AvgIpc) is 2.54. The minimum atomic E-state index is -1.66. The first kappa shape index (κ1) is 19.2. The molecule has 1 aliphatic heterocycles. The van der Waals surface area contributed by atoms with Crippen LogP contribution in [0.1, 0.15) is 19.3 Å². The van der Waals surface area contributed by atoms with Crippen molar-refractivity contribution >= 4 is 29.9 Å². The van der Waals surface area contributed by atoms with E-state index in [1.165, 1.54) is 0 Å². The molecule has 0 saturated carbocycles. The lowest BCUT2D eigenvalue weighted by Gasteiger charge is -2.22. The molecule has 0 aromatic heterocycles. The molecule has 23 heavy (non-hydrogen) atoms. The molecule has 5 nitrogen and oxygen atoms in total. The third-order valence-corrected chi connectivity index (χ3v) is 3.36. The lowest BCUT2D eigenvalue weighted by molar-refractivity contribution is -0.126. The Balaban J connectivity index is 0.00000264. The van der Waals surface area contributed by atoms with Gasteiger partial charge in [0.25, 0.3) is 0 Å². The van der Waals surface area contributed by atoms with Crippen molar-refractivity contribution in [2.45, 2.75) is 25.3 Å². The topological polar surface area (TPSA) is 70.2 Å². The fraction of sp³-hybridized carbons (Fsp3) is 0.429. The minimum absolute atomic E-state index is 0. The lowest BCUT2D eigenvalue weighted by atomic mass is 10.0. The molecule has 1 aliphatic rings. The molecule has 0 bridgehead atoms. The van der Waals surface area contributed by atoms with Crippen LogP contribution in [0.3, 0.4) is 0 Å². The number of amides is 2. The van der Waals surface area contributed by atoms with E-state index in [-0.39, 0.29) is 30.9 Å². The molecule has 1 unspecified atom stereocenters. The van der Waals surface area contributed by atoms with Crippen LogP contribution in [0.15, 0.2) is 12.1 Å².